The van der Waals surface area contributed by atoms with Gasteiger partial charge in [-0.25, -0.2) is 0 Å². The molecular weight excluding hydrogens is 374 g/mol. The second-order valence-electron chi connectivity index (χ2n) is 6.63. The number of aryl methyl sites for hydroxylation is 2. The molecule has 0 aliphatic carbocycles. The van der Waals surface area contributed by atoms with Crippen LogP contribution >= 0.6 is 11.6 Å². The van der Waals surface area contributed by atoms with Gasteiger partial charge in [-0.1, -0.05) is 23.7 Å². The molecule has 2 amide bonds. The molecule has 1 heterocycles. The molecule has 0 atom stereocenters. The van der Waals surface area contributed by atoms with E-state index in [0.29, 0.717) is 22.0 Å². The van der Waals surface area contributed by atoms with Crippen LogP contribution in [0.4, 0.5) is 11.4 Å². The summed E-state index contributed by atoms with van der Waals surface area (Å²) in [6.07, 6.45) is 1.44. The second kappa shape index (κ2) is 8.23. The number of halogens is 1. The maximum absolute atomic E-state index is 12.6. The lowest BCUT2D eigenvalue weighted by Crippen LogP contribution is -2.17. The van der Waals surface area contributed by atoms with Crippen molar-refractivity contribution in [3.05, 3.63) is 87.7 Å². The molecule has 0 aliphatic rings. The average Bonchev–Trinajstić information content (AvgIpc) is 2.64. The van der Waals surface area contributed by atoms with Crippen LogP contribution in [0.5, 0.6) is 0 Å². The largest absolute Gasteiger partial charge is 0.322 e. The Bertz CT molecular complexity index is 1040. The molecule has 0 aliphatic heterocycles. The first kappa shape index (κ1) is 19.6. The summed E-state index contributed by atoms with van der Waals surface area (Å²) in [4.78, 5) is 29.2. The van der Waals surface area contributed by atoms with E-state index in [2.05, 4.69) is 15.6 Å². The molecule has 3 rings (SSSR count). The molecule has 0 spiro atoms. The predicted molar refractivity (Wildman–Crippen MR) is 112 cm³/mol. The summed E-state index contributed by atoms with van der Waals surface area (Å²) in [5.74, 6) is -0.716. The SMILES string of the molecule is Cc1cc(C)cc(NC(=O)c2cc(C(=O)Nc3cccc(Cl)c3C)ccn2)c1. The zero-order valence-electron chi connectivity index (χ0n) is 15.8. The third-order valence-corrected chi connectivity index (χ3v) is 4.66. The molecule has 0 bridgehead atoms. The van der Waals surface area contributed by atoms with Crippen molar-refractivity contribution < 1.29 is 9.59 Å². The lowest BCUT2D eigenvalue weighted by atomic mass is 10.1. The third kappa shape index (κ3) is 4.56. The minimum atomic E-state index is -0.376. The monoisotopic (exact) mass is 393 g/mol. The minimum Gasteiger partial charge on any atom is -0.322 e. The van der Waals surface area contributed by atoms with Crippen molar-refractivity contribution in [1.82, 2.24) is 4.98 Å². The van der Waals surface area contributed by atoms with Gasteiger partial charge >= 0.3 is 0 Å². The molecule has 3 aromatic rings. The summed E-state index contributed by atoms with van der Waals surface area (Å²) >= 11 is 6.10. The Labute approximate surface area is 168 Å². The standard InChI is InChI=1S/C22H20ClN3O2/c1-13-9-14(2)11-17(10-13)25-22(28)20-12-16(7-8-24-20)21(27)26-19-6-4-5-18(23)15(19)3/h4-12H,1-3H3,(H,25,28)(H,26,27). The third-order valence-electron chi connectivity index (χ3n) is 4.25. The molecule has 1 aromatic heterocycles. The van der Waals surface area contributed by atoms with Gasteiger partial charge in [-0.3, -0.25) is 14.6 Å². The van der Waals surface area contributed by atoms with Crippen molar-refractivity contribution in [2.75, 3.05) is 10.6 Å². The summed E-state index contributed by atoms with van der Waals surface area (Å²) in [6, 6.07) is 14.1. The van der Waals surface area contributed by atoms with Gasteiger partial charge in [0.1, 0.15) is 5.69 Å². The molecule has 0 saturated heterocycles. The van der Waals surface area contributed by atoms with E-state index in [1.54, 1.807) is 24.3 Å². The van der Waals surface area contributed by atoms with E-state index in [-0.39, 0.29) is 17.5 Å². The van der Waals surface area contributed by atoms with Gasteiger partial charge in [-0.05, 0) is 73.9 Å². The van der Waals surface area contributed by atoms with Gasteiger partial charge in [0, 0.05) is 28.2 Å². The molecule has 0 fully saturated rings. The number of carbonyl (C=O) groups is 2. The van der Waals surface area contributed by atoms with Crippen molar-refractivity contribution in [3.8, 4) is 0 Å². The first-order valence-corrected chi connectivity index (χ1v) is 9.13. The molecule has 142 valence electrons. The number of amides is 2. The highest BCUT2D eigenvalue weighted by molar-refractivity contribution is 6.31. The maximum Gasteiger partial charge on any atom is 0.274 e. The lowest BCUT2D eigenvalue weighted by Gasteiger charge is -2.10. The first-order valence-electron chi connectivity index (χ1n) is 8.75. The van der Waals surface area contributed by atoms with E-state index in [1.165, 1.54) is 12.3 Å². The number of nitrogens with one attached hydrogen (secondary N) is 2. The summed E-state index contributed by atoms with van der Waals surface area (Å²) < 4.78 is 0. The van der Waals surface area contributed by atoms with Crippen LogP contribution in [0.1, 0.15) is 37.5 Å². The number of anilines is 2. The number of carbonyl (C=O) groups excluding carboxylic acids is 2. The summed E-state index contributed by atoms with van der Waals surface area (Å²) in [5, 5.41) is 6.21. The minimum absolute atomic E-state index is 0.162. The van der Waals surface area contributed by atoms with Gasteiger partial charge in [0.15, 0.2) is 0 Å². The molecule has 0 radical (unpaired) electrons. The summed E-state index contributed by atoms with van der Waals surface area (Å²) in [5.41, 5.74) is 4.68. The van der Waals surface area contributed by atoms with E-state index < -0.39 is 0 Å². The molecule has 0 saturated carbocycles. The van der Waals surface area contributed by atoms with Gasteiger partial charge in [-0.15, -0.1) is 0 Å². The smallest absolute Gasteiger partial charge is 0.274 e. The Hall–Kier alpha value is -3.18. The lowest BCUT2D eigenvalue weighted by molar-refractivity contribution is 0.102. The molecule has 2 aromatic carbocycles. The van der Waals surface area contributed by atoms with Crippen molar-refractivity contribution in [2.45, 2.75) is 20.8 Å². The van der Waals surface area contributed by atoms with Crippen LogP contribution < -0.4 is 10.6 Å². The van der Waals surface area contributed by atoms with E-state index in [9.17, 15) is 9.59 Å². The molecule has 5 nitrogen and oxygen atoms in total. The Morgan fingerprint density at radius 1 is 0.893 bits per heavy atom. The molecule has 6 heteroatoms. The quantitative estimate of drug-likeness (QED) is 0.642. The number of aromatic nitrogens is 1. The number of hydrogen-bond donors (Lipinski definition) is 2. The first-order chi connectivity index (χ1) is 13.3. The van der Waals surface area contributed by atoms with E-state index in [4.69, 9.17) is 11.6 Å². The fraction of sp³-hybridized carbons (Fsp3) is 0.136. The van der Waals surface area contributed by atoms with Gasteiger partial charge in [0.05, 0.1) is 0 Å². The van der Waals surface area contributed by atoms with Crippen LogP contribution in [-0.4, -0.2) is 16.8 Å². The maximum atomic E-state index is 12.6. The van der Waals surface area contributed by atoms with Crippen LogP contribution in [-0.2, 0) is 0 Å². The number of nitrogens with zero attached hydrogens (tertiary/aromatic N) is 1. The van der Waals surface area contributed by atoms with Crippen LogP contribution in [0.25, 0.3) is 0 Å². The molecule has 0 unspecified atom stereocenters. The zero-order valence-corrected chi connectivity index (χ0v) is 16.6. The van der Waals surface area contributed by atoms with Crippen LogP contribution in [0.15, 0.2) is 54.7 Å². The van der Waals surface area contributed by atoms with Crippen LogP contribution in [0.2, 0.25) is 5.02 Å². The van der Waals surface area contributed by atoms with Crippen LogP contribution in [0.3, 0.4) is 0 Å². The fourth-order valence-electron chi connectivity index (χ4n) is 2.88. The van der Waals surface area contributed by atoms with Crippen molar-refractivity contribution in [2.24, 2.45) is 0 Å². The molecular formula is C22H20ClN3O2. The van der Waals surface area contributed by atoms with E-state index in [0.717, 1.165) is 16.7 Å². The van der Waals surface area contributed by atoms with E-state index in [1.807, 2.05) is 39.0 Å². The van der Waals surface area contributed by atoms with Crippen LogP contribution in [0, 0.1) is 20.8 Å². The van der Waals surface area contributed by atoms with E-state index >= 15 is 0 Å². The highest BCUT2D eigenvalue weighted by Gasteiger charge is 2.14. The van der Waals surface area contributed by atoms with Crippen molar-refractivity contribution >= 4 is 34.8 Å². The Morgan fingerprint density at radius 3 is 2.32 bits per heavy atom. The van der Waals surface area contributed by atoms with Gasteiger partial charge in [-0.2, -0.15) is 0 Å². The molecule has 28 heavy (non-hydrogen) atoms. The van der Waals surface area contributed by atoms with Gasteiger partial charge in [0.2, 0.25) is 0 Å². The zero-order chi connectivity index (χ0) is 20.3. The average molecular weight is 394 g/mol. The number of hydrogen-bond acceptors (Lipinski definition) is 3. The normalized spacial score (nSPS) is 10.4. The summed E-state index contributed by atoms with van der Waals surface area (Å²) in [7, 11) is 0. The fourth-order valence-corrected chi connectivity index (χ4v) is 3.05. The van der Waals surface area contributed by atoms with Crippen molar-refractivity contribution in [3.63, 3.8) is 0 Å². The Morgan fingerprint density at radius 2 is 1.61 bits per heavy atom. The van der Waals surface area contributed by atoms with Crippen molar-refractivity contribution in [1.29, 1.82) is 0 Å². The Kier molecular flexibility index (Phi) is 5.76. The number of rotatable bonds is 4. The number of pyridine rings is 1. The van der Waals surface area contributed by atoms with Gasteiger partial charge < -0.3 is 10.6 Å². The predicted octanol–water partition coefficient (Wildman–Crippen LogP) is 5.16. The Balaban J connectivity index is 1.78. The highest BCUT2D eigenvalue weighted by Crippen LogP contribution is 2.23. The van der Waals surface area contributed by atoms with Gasteiger partial charge in [0.25, 0.3) is 11.8 Å². The second-order valence-corrected chi connectivity index (χ2v) is 7.03. The highest BCUT2D eigenvalue weighted by atomic mass is 35.5. The topological polar surface area (TPSA) is 71.1 Å². The summed E-state index contributed by atoms with van der Waals surface area (Å²) in [6.45, 7) is 5.75. The molecule has 2 N–H and O–H groups in total. The number of benzene rings is 2.